The Bertz CT molecular complexity index is 1210. The van der Waals surface area contributed by atoms with Gasteiger partial charge in [0, 0.05) is 54.3 Å². The van der Waals surface area contributed by atoms with Gasteiger partial charge in [0.2, 0.25) is 11.8 Å². The Balaban J connectivity index is 1.70. The molecule has 2 heterocycles. The molecule has 1 aromatic carbocycles. The van der Waals surface area contributed by atoms with Crippen LogP contribution in [0.25, 0.3) is 0 Å². The summed E-state index contributed by atoms with van der Waals surface area (Å²) in [6.45, 7) is 0.489. The zero-order valence-electron chi connectivity index (χ0n) is 21.6. The first-order valence-electron chi connectivity index (χ1n) is 12.8. The second-order valence-corrected chi connectivity index (χ2v) is 11.5. The van der Waals surface area contributed by atoms with E-state index < -0.39 is 67.2 Å². The maximum atomic E-state index is 14.3. The predicted molar refractivity (Wildman–Crippen MR) is 136 cm³/mol. The Morgan fingerprint density at radius 2 is 1.90 bits per heavy atom. The fraction of sp³-hybridized carbons (Fsp3) is 0.556. The normalized spacial score (nSPS) is 20.1. The molecule has 220 valence electrons. The van der Waals surface area contributed by atoms with E-state index in [0.717, 1.165) is 13.0 Å². The highest BCUT2D eigenvalue weighted by atomic mass is 32.2. The maximum Gasteiger partial charge on any atom is 0.420 e. The first kappa shape index (κ1) is 30.3. The van der Waals surface area contributed by atoms with Gasteiger partial charge in [-0.3, -0.25) is 0 Å². The van der Waals surface area contributed by atoms with Crippen molar-refractivity contribution in [2.45, 2.75) is 81.0 Å². The van der Waals surface area contributed by atoms with E-state index in [1.54, 1.807) is 4.90 Å². The van der Waals surface area contributed by atoms with Gasteiger partial charge in [0.15, 0.2) is 5.69 Å². The summed E-state index contributed by atoms with van der Waals surface area (Å²) in [5.74, 6) is -7.60. The number of alkyl halides is 7. The van der Waals surface area contributed by atoms with E-state index in [-0.39, 0.29) is 48.7 Å². The standard InChI is InChI=1S/C27H29F7N2O3S/c1-25(28,29)7-4-16-13-36(18-5-8-26(30,31)9-6-18)20-11-19(27(32,33)34)21(12-22(20)40-15-16)39-14-17-3-2-10-35-23(17)24(37)38/h2-3,10-12,16,18H,4-9,13-15H2,1H3,(H,37,38). The SMILES string of the molecule is CC(F)(F)CCC1CSc2cc(OCc3cccnc3C(=O)O)c(C(F)(F)F)cc2N(C2CCC(F)(F)CC2)C1. The summed E-state index contributed by atoms with van der Waals surface area (Å²) in [4.78, 5) is 17.3. The summed E-state index contributed by atoms with van der Waals surface area (Å²) in [7, 11) is 0. The summed E-state index contributed by atoms with van der Waals surface area (Å²) in [6.07, 6.45) is -4.56. The quantitative estimate of drug-likeness (QED) is 0.314. The van der Waals surface area contributed by atoms with Crippen LogP contribution in [0.2, 0.25) is 0 Å². The number of ether oxygens (including phenoxy) is 1. The van der Waals surface area contributed by atoms with E-state index >= 15 is 0 Å². The van der Waals surface area contributed by atoms with Gasteiger partial charge in [-0.25, -0.2) is 27.3 Å². The third-order valence-corrected chi connectivity index (χ3v) is 8.48. The van der Waals surface area contributed by atoms with E-state index in [0.29, 0.717) is 10.6 Å². The Morgan fingerprint density at radius 1 is 1.20 bits per heavy atom. The van der Waals surface area contributed by atoms with Crippen molar-refractivity contribution in [3.05, 3.63) is 47.3 Å². The molecule has 0 radical (unpaired) electrons. The number of thioether (sulfide) groups is 1. The molecule has 2 aromatic rings. The minimum Gasteiger partial charge on any atom is -0.488 e. The zero-order chi connectivity index (χ0) is 29.3. The summed E-state index contributed by atoms with van der Waals surface area (Å²) >= 11 is 1.21. The molecule has 1 aliphatic carbocycles. The molecule has 1 aliphatic heterocycles. The Morgan fingerprint density at radius 3 is 2.52 bits per heavy atom. The first-order chi connectivity index (χ1) is 18.6. The van der Waals surface area contributed by atoms with Gasteiger partial charge < -0.3 is 14.7 Å². The fourth-order valence-electron chi connectivity index (χ4n) is 5.09. The third-order valence-electron chi connectivity index (χ3n) is 7.20. The monoisotopic (exact) mass is 594 g/mol. The number of pyridine rings is 1. The van der Waals surface area contributed by atoms with E-state index in [4.69, 9.17) is 4.74 Å². The molecule has 0 spiro atoms. The van der Waals surface area contributed by atoms with Crippen LogP contribution >= 0.6 is 11.8 Å². The number of halogens is 7. The summed E-state index contributed by atoms with van der Waals surface area (Å²) in [5, 5.41) is 9.34. The van der Waals surface area contributed by atoms with Crippen LogP contribution in [0.3, 0.4) is 0 Å². The van der Waals surface area contributed by atoms with Crippen LogP contribution in [-0.2, 0) is 12.8 Å². The summed E-state index contributed by atoms with van der Waals surface area (Å²) < 4.78 is 103. The van der Waals surface area contributed by atoms with Crippen LogP contribution in [0.1, 0.15) is 67.1 Å². The van der Waals surface area contributed by atoms with Gasteiger partial charge in [-0.05, 0) is 50.3 Å². The van der Waals surface area contributed by atoms with Crippen LogP contribution in [0.15, 0.2) is 35.4 Å². The van der Waals surface area contributed by atoms with Crippen molar-refractivity contribution >= 4 is 23.4 Å². The molecule has 4 rings (SSSR count). The second kappa shape index (κ2) is 11.7. The van der Waals surface area contributed by atoms with E-state index in [9.17, 15) is 40.6 Å². The van der Waals surface area contributed by atoms with Crippen LogP contribution in [0.5, 0.6) is 5.75 Å². The molecule has 0 bridgehead atoms. The molecule has 0 saturated heterocycles. The lowest BCUT2D eigenvalue weighted by Gasteiger charge is -2.40. The number of carboxylic acids is 1. The maximum absolute atomic E-state index is 14.3. The number of anilines is 1. The first-order valence-corrected chi connectivity index (χ1v) is 13.8. The minimum atomic E-state index is -4.85. The largest absolute Gasteiger partial charge is 0.488 e. The molecule has 5 nitrogen and oxygen atoms in total. The number of aromatic nitrogens is 1. The number of benzene rings is 1. The topological polar surface area (TPSA) is 62.7 Å². The third kappa shape index (κ3) is 7.52. The molecule has 1 unspecified atom stereocenters. The van der Waals surface area contributed by atoms with Crippen molar-refractivity contribution in [1.29, 1.82) is 0 Å². The Hall–Kier alpha value is -2.70. The lowest BCUT2D eigenvalue weighted by atomic mass is 9.89. The van der Waals surface area contributed by atoms with E-state index in [1.807, 2.05) is 0 Å². The van der Waals surface area contributed by atoms with Crippen LogP contribution in [0.4, 0.5) is 36.4 Å². The number of hydrogen-bond acceptors (Lipinski definition) is 5. The van der Waals surface area contributed by atoms with Gasteiger partial charge in [0.25, 0.3) is 0 Å². The van der Waals surface area contributed by atoms with Gasteiger partial charge in [0.1, 0.15) is 12.4 Å². The predicted octanol–water partition coefficient (Wildman–Crippen LogP) is 7.92. The number of hydrogen-bond donors (Lipinski definition) is 1. The molecular weight excluding hydrogens is 565 g/mol. The molecule has 2 aliphatic rings. The minimum absolute atomic E-state index is 0.0618. The number of carboxylic acid groups (broad SMARTS) is 1. The number of rotatable bonds is 8. The van der Waals surface area contributed by atoms with Crippen molar-refractivity contribution in [3.63, 3.8) is 0 Å². The van der Waals surface area contributed by atoms with Crippen molar-refractivity contribution in [2.24, 2.45) is 5.92 Å². The van der Waals surface area contributed by atoms with Gasteiger partial charge >= 0.3 is 12.1 Å². The summed E-state index contributed by atoms with van der Waals surface area (Å²) in [6, 6.07) is 4.51. The number of carbonyl (C=O) groups is 1. The van der Waals surface area contributed by atoms with Crippen LogP contribution in [-0.4, -0.2) is 46.2 Å². The van der Waals surface area contributed by atoms with Crippen molar-refractivity contribution < 1.29 is 45.4 Å². The fourth-order valence-corrected chi connectivity index (χ4v) is 6.29. The molecule has 1 N–H and O–H groups in total. The van der Waals surface area contributed by atoms with Gasteiger partial charge in [-0.15, -0.1) is 11.8 Å². The number of fused-ring (bicyclic) bond motifs is 1. The molecular formula is C27H29F7N2O3S. The molecule has 0 amide bonds. The number of aromatic carboxylic acids is 1. The molecule has 40 heavy (non-hydrogen) atoms. The Kier molecular flexibility index (Phi) is 8.82. The van der Waals surface area contributed by atoms with Gasteiger partial charge in [-0.1, -0.05) is 6.07 Å². The molecule has 13 heteroatoms. The highest BCUT2D eigenvalue weighted by Crippen LogP contribution is 2.48. The lowest BCUT2D eigenvalue weighted by molar-refractivity contribution is -0.139. The van der Waals surface area contributed by atoms with Crippen molar-refractivity contribution in [1.82, 2.24) is 4.98 Å². The highest BCUT2D eigenvalue weighted by molar-refractivity contribution is 7.99. The van der Waals surface area contributed by atoms with E-state index in [2.05, 4.69) is 4.98 Å². The van der Waals surface area contributed by atoms with Gasteiger partial charge in [0.05, 0.1) is 11.3 Å². The molecule has 1 saturated carbocycles. The van der Waals surface area contributed by atoms with Crippen LogP contribution < -0.4 is 9.64 Å². The van der Waals surface area contributed by atoms with Crippen LogP contribution in [0, 0.1) is 5.92 Å². The molecule has 1 atom stereocenters. The van der Waals surface area contributed by atoms with Crippen molar-refractivity contribution in [2.75, 3.05) is 17.2 Å². The van der Waals surface area contributed by atoms with E-state index in [1.165, 1.54) is 36.2 Å². The highest BCUT2D eigenvalue weighted by Gasteiger charge is 2.41. The second-order valence-electron chi connectivity index (χ2n) is 10.4. The molecule has 1 fully saturated rings. The average molecular weight is 595 g/mol. The average Bonchev–Trinajstić information content (AvgIpc) is 3.04. The summed E-state index contributed by atoms with van der Waals surface area (Å²) in [5.41, 5.74) is -1.16. The van der Waals surface area contributed by atoms with Gasteiger partial charge in [-0.2, -0.15) is 13.2 Å². The molecule has 1 aromatic heterocycles. The van der Waals surface area contributed by atoms with Crippen molar-refractivity contribution in [3.8, 4) is 5.75 Å². The smallest absolute Gasteiger partial charge is 0.420 e. The Labute approximate surface area is 231 Å². The zero-order valence-corrected chi connectivity index (χ0v) is 22.4. The lowest BCUT2D eigenvalue weighted by Crippen LogP contribution is -2.43. The number of nitrogens with zero attached hydrogens (tertiary/aromatic N) is 2.